The minimum atomic E-state index is -4.48. The second-order valence-electron chi connectivity index (χ2n) is 12.3. The molecule has 2 aromatic rings. The van der Waals surface area contributed by atoms with Gasteiger partial charge in [-0.15, -0.1) is 11.8 Å². The summed E-state index contributed by atoms with van der Waals surface area (Å²) in [4.78, 5) is 16.8. The first-order valence-corrected chi connectivity index (χ1v) is 18.9. The molecule has 3 aliphatic rings. The minimum Gasteiger partial charge on any atom is -0.340 e. The summed E-state index contributed by atoms with van der Waals surface area (Å²) in [6.07, 6.45) is 2.58. The van der Waals surface area contributed by atoms with Crippen molar-refractivity contribution in [3.05, 3.63) is 35.0 Å². The van der Waals surface area contributed by atoms with Gasteiger partial charge in [0.1, 0.15) is 0 Å². The summed E-state index contributed by atoms with van der Waals surface area (Å²) in [6.45, 7) is 8.23. The maximum absolute atomic E-state index is 13.9. The number of alkyl halides is 3. The highest BCUT2D eigenvalue weighted by Crippen LogP contribution is 2.40. The van der Waals surface area contributed by atoms with E-state index in [0.29, 0.717) is 55.5 Å². The molecule has 0 bridgehead atoms. The number of nitrogens with one attached hydrogen (secondary N) is 1. The Kier molecular flexibility index (Phi) is 11.2. The number of aromatic nitrogens is 2. The number of thioether (sulfide) groups is 1. The molecule has 4 heterocycles. The molecule has 0 spiro atoms. The Bertz CT molecular complexity index is 1440. The third-order valence-corrected chi connectivity index (χ3v) is 11.4. The summed E-state index contributed by atoms with van der Waals surface area (Å²) in [5, 5.41) is 8.15. The van der Waals surface area contributed by atoms with E-state index < -0.39 is 21.8 Å². The Balaban J connectivity index is 1.32. The molecule has 0 saturated carbocycles. The van der Waals surface area contributed by atoms with Crippen molar-refractivity contribution in [2.75, 3.05) is 57.8 Å². The zero-order chi connectivity index (χ0) is 32.2. The van der Waals surface area contributed by atoms with Crippen molar-refractivity contribution in [1.82, 2.24) is 29.2 Å². The van der Waals surface area contributed by atoms with E-state index in [9.17, 15) is 26.4 Å². The molecule has 14 heteroatoms. The van der Waals surface area contributed by atoms with Gasteiger partial charge in [-0.2, -0.15) is 22.6 Å². The lowest BCUT2D eigenvalue weighted by Gasteiger charge is -2.36. The molecule has 9 nitrogen and oxygen atoms in total. The van der Waals surface area contributed by atoms with Crippen molar-refractivity contribution in [2.45, 2.75) is 82.1 Å². The fourth-order valence-corrected chi connectivity index (χ4v) is 8.48. The largest absolute Gasteiger partial charge is 0.417 e. The molecule has 250 valence electrons. The molecule has 1 aromatic heterocycles. The molecule has 3 aliphatic heterocycles. The van der Waals surface area contributed by atoms with Gasteiger partial charge in [-0.1, -0.05) is 13.0 Å². The van der Waals surface area contributed by atoms with Crippen molar-refractivity contribution < 1.29 is 26.4 Å². The number of carbonyl (C=O) groups excluding carboxylic acids is 1. The number of benzene rings is 1. The molecular formula is C31H45F3N6O3S2. The van der Waals surface area contributed by atoms with E-state index in [1.54, 1.807) is 6.07 Å². The van der Waals surface area contributed by atoms with Gasteiger partial charge in [-0.25, -0.2) is 8.42 Å². The van der Waals surface area contributed by atoms with Gasteiger partial charge in [0.05, 0.1) is 17.5 Å². The third-order valence-electron chi connectivity index (χ3n) is 9.04. The Morgan fingerprint density at radius 3 is 2.51 bits per heavy atom. The van der Waals surface area contributed by atoms with E-state index in [1.165, 1.54) is 28.4 Å². The number of rotatable bonds is 13. The number of halogens is 3. The van der Waals surface area contributed by atoms with Crippen molar-refractivity contribution in [3.8, 4) is 11.3 Å². The number of hydrogen-bond donors (Lipinski definition) is 1. The van der Waals surface area contributed by atoms with Crippen LogP contribution >= 0.6 is 11.8 Å². The lowest BCUT2D eigenvalue weighted by Crippen LogP contribution is -2.45. The Morgan fingerprint density at radius 2 is 1.84 bits per heavy atom. The van der Waals surface area contributed by atoms with Crippen LogP contribution in [0.3, 0.4) is 0 Å². The van der Waals surface area contributed by atoms with Crippen LogP contribution in [0.25, 0.3) is 11.3 Å². The zero-order valence-corrected chi connectivity index (χ0v) is 27.9. The van der Waals surface area contributed by atoms with Gasteiger partial charge in [0.25, 0.3) is 0 Å². The van der Waals surface area contributed by atoms with E-state index in [0.717, 1.165) is 82.2 Å². The fraction of sp³-hybridized carbons (Fsp3) is 0.677. The fourth-order valence-electron chi connectivity index (χ4n) is 6.68. The second-order valence-corrected chi connectivity index (χ2v) is 15.4. The smallest absolute Gasteiger partial charge is 0.340 e. The average molecular weight is 671 g/mol. The molecule has 5 rings (SSSR count). The monoisotopic (exact) mass is 670 g/mol. The summed E-state index contributed by atoms with van der Waals surface area (Å²) < 4.78 is 70.1. The topological polar surface area (TPSA) is 90.8 Å². The molecule has 1 aromatic carbocycles. The van der Waals surface area contributed by atoms with Gasteiger partial charge in [0.2, 0.25) is 15.9 Å². The maximum atomic E-state index is 13.9. The molecule has 1 N–H and O–H groups in total. The second kappa shape index (κ2) is 14.7. The van der Waals surface area contributed by atoms with E-state index in [-0.39, 0.29) is 17.3 Å². The number of likely N-dealkylation sites (tertiary alicyclic amines) is 2. The highest BCUT2D eigenvalue weighted by Gasteiger charge is 2.35. The van der Waals surface area contributed by atoms with Crippen LogP contribution < -0.4 is 5.32 Å². The van der Waals surface area contributed by atoms with Crippen molar-refractivity contribution in [3.63, 3.8) is 0 Å². The van der Waals surface area contributed by atoms with Crippen LogP contribution in [0.4, 0.5) is 13.2 Å². The number of piperidine rings is 1. The molecule has 0 unspecified atom stereocenters. The van der Waals surface area contributed by atoms with Crippen LogP contribution in [-0.4, -0.2) is 102 Å². The van der Waals surface area contributed by atoms with Crippen LogP contribution in [0.5, 0.6) is 0 Å². The van der Waals surface area contributed by atoms with Crippen molar-refractivity contribution in [1.29, 1.82) is 0 Å². The number of hydrogen-bond acceptors (Lipinski definition) is 7. The van der Waals surface area contributed by atoms with E-state index >= 15 is 0 Å². The van der Waals surface area contributed by atoms with Crippen LogP contribution in [0.1, 0.15) is 62.3 Å². The number of sulfonamides is 1. The summed E-state index contributed by atoms with van der Waals surface area (Å²) in [7, 11) is -3.45. The van der Waals surface area contributed by atoms with E-state index in [4.69, 9.17) is 5.10 Å². The quantitative estimate of drug-likeness (QED) is 0.249. The number of nitrogens with zero attached hydrogens (tertiary/aromatic N) is 5. The molecule has 2 fully saturated rings. The predicted octanol–water partition coefficient (Wildman–Crippen LogP) is 4.46. The summed E-state index contributed by atoms with van der Waals surface area (Å²) >= 11 is 1.17. The van der Waals surface area contributed by atoms with Crippen LogP contribution in [0.2, 0.25) is 0 Å². The molecule has 0 atom stereocenters. The van der Waals surface area contributed by atoms with E-state index in [2.05, 4.69) is 15.1 Å². The van der Waals surface area contributed by atoms with Crippen LogP contribution in [0, 0.1) is 0 Å². The Morgan fingerprint density at radius 1 is 1.07 bits per heavy atom. The van der Waals surface area contributed by atoms with Gasteiger partial charge >= 0.3 is 6.18 Å². The van der Waals surface area contributed by atoms with Crippen molar-refractivity contribution in [2.24, 2.45) is 0 Å². The number of carbonyl (C=O) groups is 1. The Labute approximate surface area is 268 Å². The van der Waals surface area contributed by atoms with Crippen molar-refractivity contribution >= 4 is 27.7 Å². The van der Waals surface area contributed by atoms with Crippen LogP contribution in [-0.2, 0) is 40.5 Å². The number of amides is 1. The SMILES string of the molecule is CCCNCCSc1cc(-c2nn(CCCN3CCC(N4CCCC4=O)CC3)c3c2CN(S(C)(=O)=O)CC3)ccc1C(F)(F)F. The lowest BCUT2D eigenvalue weighted by molar-refractivity contribution is -0.139. The van der Waals surface area contributed by atoms with Gasteiger partial charge < -0.3 is 15.1 Å². The highest BCUT2D eigenvalue weighted by atomic mass is 32.2. The zero-order valence-electron chi connectivity index (χ0n) is 26.2. The molecule has 1 amide bonds. The third kappa shape index (κ3) is 8.43. The summed E-state index contributed by atoms with van der Waals surface area (Å²) in [6, 6.07) is 4.49. The predicted molar refractivity (Wildman–Crippen MR) is 171 cm³/mol. The molecule has 45 heavy (non-hydrogen) atoms. The molecular weight excluding hydrogens is 626 g/mol. The lowest BCUT2D eigenvalue weighted by atomic mass is 10.0. The minimum absolute atomic E-state index is 0.149. The number of fused-ring (bicyclic) bond motifs is 1. The van der Waals surface area contributed by atoms with Gasteiger partial charge in [0, 0.05) is 92.2 Å². The summed E-state index contributed by atoms with van der Waals surface area (Å²) in [5.74, 6) is 0.775. The normalized spacial score (nSPS) is 19.0. The van der Waals surface area contributed by atoms with Gasteiger partial charge in [-0.05, 0) is 57.3 Å². The first-order chi connectivity index (χ1) is 21.5. The Hall–Kier alpha value is -2.13. The van der Waals surface area contributed by atoms with Gasteiger partial charge in [0.15, 0.2) is 0 Å². The highest BCUT2D eigenvalue weighted by molar-refractivity contribution is 7.99. The standard InChI is InChI=1S/C31H45F3N6O3S2/c1-3-12-35-13-20-44-28-21-23(7-8-26(28)31(32,33)34)30-25-22-38(45(2,42)43)19-11-27(25)40(36-30)16-5-14-37-17-9-24(10-18-37)39-15-4-6-29(39)41/h7-8,21,24,35H,3-6,9-20,22H2,1-2H3. The van der Waals surface area contributed by atoms with E-state index in [1.807, 2.05) is 11.6 Å². The number of aryl methyl sites for hydroxylation is 1. The molecule has 0 aliphatic carbocycles. The summed E-state index contributed by atoms with van der Waals surface area (Å²) in [5.41, 5.74) is 2.16. The van der Waals surface area contributed by atoms with Crippen LogP contribution in [0.15, 0.2) is 23.1 Å². The average Bonchev–Trinajstić information content (AvgIpc) is 3.59. The molecule has 2 saturated heterocycles. The maximum Gasteiger partial charge on any atom is 0.417 e. The first kappa shape index (κ1) is 34.2. The molecule has 0 radical (unpaired) electrons. The van der Waals surface area contributed by atoms with Gasteiger partial charge in [-0.3, -0.25) is 9.48 Å². The first-order valence-electron chi connectivity index (χ1n) is 16.1.